The third-order valence-corrected chi connectivity index (χ3v) is 5.91. The lowest BCUT2D eigenvalue weighted by atomic mass is 9.79. The van der Waals surface area contributed by atoms with Crippen molar-refractivity contribution in [2.24, 2.45) is 11.8 Å². The van der Waals surface area contributed by atoms with Crippen molar-refractivity contribution in [1.82, 2.24) is 5.32 Å². The van der Waals surface area contributed by atoms with E-state index in [1.807, 2.05) is 24.3 Å². The molecule has 0 aliphatic carbocycles. The number of amides is 1. The summed E-state index contributed by atoms with van der Waals surface area (Å²) in [5, 5.41) is 3.24. The molecule has 148 valence electrons. The minimum absolute atomic E-state index is 0.0467. The lowest BCUT2D eigenvalue weighted by Crippen LogP contribution is -2.49. The fraction of sp³-hybridized carbons (Fsp3) is 0.435. The van der Waals surface area contributed by atoms with Crippen LogP contribution in [-0.4, -0.2) is 38.4 Å². The molecule has 0 bridgehead atoms. The largest absolute Gasteiger partial charge is 0.381 e. The molecule has 2 aromatic carbocycles. The first kappa shape index (κ1) is 19.1. The standard InChI is InChI=1S/C23H26FNO3/c24-20-7-5-17(6-8-20)16-1-3-19(4-2-16)23(26)25-22-11-14-28-15-21(22)18-9-12-27-13-10-18/h1-8,18,21-22H,9-15H2,(H,25,26)/t21-,22-/m1/s1. The molecule has 2 aliphatic rings. The number of halogens is 1. The number of carbonyl (C=O) groups excluding carboxylic acids is 1. The average Bonchev–Trinajstić information content (AvgIpc) is 2.75. The molecule has 1 amide bonds. The van der Waals surface area contributed by atoms with Gasteiger partial charge in [0.1, 0.15) is 5.82 Å². The first-order valence-corrected chi connectivity index (χ1v) is 10.0. The molecule has 5 heteroatoms. The zero-order chi connectivity index (χ0) is 19.3. The molecular weight excluding hydrogens is 357 g/mol. The van der Waals surface area contributed by atoms with Gasteiger partial charge in [0.15, 0.2) is 0 Å². The van der Waals surface area contributed by atoms with E-state index in [1.54, 1.807) is 12.1 Å². The summed E-state index contributed by atoms with van der Waals surface area (Å²) in [7, 11) is 0. The SMILES string of the molecule is O=C(N[C@@H]1CCOC[C@@H]1C1CCOCC1)c1ccc(-c2ccc(F)cc2)cc1. The molecule has 0 spiro atoms. The van der Waals surface area contributed by atoms with Crippen LogP contribution < -0.4 is 5.32 Å². The van der Waals surface area contributed by atoms with E-state index in [0.29, 0.717) is 30.6 Å². The van der Waals surface area contributed by atoms with Gasteiger partial charge in [-0.2, -0.15) is 0 Å². The molecule has 0 unspecified atom stereocenters. The van der Waals surface area contributed by atoms with Crippen molar-refractivity contribution < 1.29 is 18.7 Å². The number of hydrogen-bond donors (Lipinski definition) is 1. The van der Waals surface area contributed by atoms with Gasteiger partial charge < -0.3 is 14.8 Å². The highest BCUT2D eigenvalue weighted by Crippen LogP contribution is 2.30. The number of rotatable bonds is 4. The summed E-state index contributed by atoms with van der Waals surface area (Å²) < 4.78 is 24.3. The normalized spacial score (nSPS) is 23.3. The zero-order valence-electron chi connectivity index (χ0n) is 15.9. The zero-order valence-corrected chi connectivity index (χ0v) is 15.9. The quantitative estimate of drug-likeness (QED) is 0.866. The van der Waals surface area contributed by atoms with Gasteiger partial charge in [-0.05, 0) is 60.6 Å². The fourth-order valence-corrected chi connectivity index (χ4v) is 4.26. The highest BCUT2D eigenvalue weighted by molar-refractivity contribution is 5.94. The van der Waals surface area contributed by atoms with Crippen LogP contribution in [0.1, 0.15) is 29.6 Å². The minimum atomic E-state index is -0.254. The molecule has 2 aliphatic heterocycles. The third-order valence-electron chi connectivity index (χ3n) is 5.91. The Labute approximate surface area is 165 Å². The number of benzene rings is 2. The van der Waals surface area contributed by atoms with Crippen LogP contribution in [0.25, 0.3) is 11.1 Å². The van der Waals surface area contributed by atoms with Gasteiger partial charge in [0.2, 0.25) is 0 Å². The van der Waals surface area contributed by atoms with Crippen LogP contribution in [0.2, 0.25) is 0 Å². The van der Waals surface area contributed by atoms with Gasteiger partial charge in [-0.15, -0.1) is 0 Å². The van der Waals surface area contributed by atoms with Gasteiger partial charge in [-0.25, -0.2) is 4.39 Å². The van der Waals surface area contributed by atoms with E-state index in [4.69, 9.17) is 9.47 Å². The van der Waals surface area contributed by atoms with Gasteiger partial charge in [-0.1, -0.05) is 24.3 Å². The second kappa shape index (κ2) is 8.84. The maximum Gasteiger partial charge on any atom is 0.251 e. The van der Waals surface area contributed by atoms with E-state index in [2.05, 4.69) is 5.32 Å². The molecule has 0 radical (unpaired) electrons. The van der Waals surface area contributed by atoms with Crippen LogP contribution in [0.15, 0.2) is 48.5 Å². The van der Waals surface area contributed by atoms with E-state index in [0.717, 1.165) is 43.6 Å². The van der Waals surface area contributed by atoms with Crippen molar-refractivity contribution in [3.8, 4) is 11.1 Å². The number of ether oxygens (including phenoxy) is 2. The Hall–Kier alpha value is -2.24. The molecular formula is C23H26FNO3. The lowest BCUT2D eigenvalue weighted by Gasteiger charge is -2.39. The highest BCUT2D eigenvalue weighted by atomic mass is 19.1. The topological polar surface area (TPSA) is 47.6 Å². The van der Waals surface area contributed by atoms with Gasteiger partial charge in [0.25, 0.3) is 5.91 Å². The van der Waals surface area contributed by atoms with Crippen LogP contribution in [0.3, 0.4) is 0 Å². The summed E-state index contributed by atoms with van der Waals surface area (Å²) in [6.45, 7) is 2.99. The Balaban J connectivity index is 1.42. The number of carbonyl (C=O) groups is 1. The Kier molecular flexibility index (Phi) is 6.03. The van der Waals surface area contributed by atoms with E-state index in [1.165, 1.54) is 12.1 Å². The Morgan fingerprint density at radius 3 is 2.14 bits per heavy atom. The van der Waals surface area contributed by atoms with Gasteiger partial charge in [-0.3, -0.25) is 4.79 Å². The predicted octanol–water partition coefficient (Wildman–Crippen LogP) is 4.05. The maximum absolute atomic E-state index is 13.1. The first-order valence-electron chi connectivity index (χ1n) is 10.0. The smallest absolute Gasteiger partial charge is 0.251 e. The molecule has 2 aromatic rings. The van der Waals surface area contributed by atoms with Crippen molar-refractivity contribution in [2.75, 3.05) is 26.4 Å². The van der Waals surface area contributed by atoms with E-state index in [-0.39, 0.29) is 17.8 Å². The molecule has 2 fully saturated rings. The Bertz CT molecular complexity index is 784. The second-order valence-electron chi connectivity index (χ2n) is 7.64. The van der Waals surface area contributed by atoms with Crippen LogP contribution in [-0.2, 0) is 9.47 Å². The molecule has 2 atom stereocenters. The van der Waals surface area contributed by atoms with E-state index < -0.39 is 0 Å². The van der Waals surface area contributed by atoms with Crippen molar-refractivity contribution in [2.45, 2.75) is 25.3 Å². The summed E-state index contributed by atoms with van der Waals surface area (Å²) in [5.74, 6) is 0.588. The van der Waals surface area contributed by atoms with E-state index in [9.17, 15) is 9.18 Å². The first-order chi connectivity index (χ1) is 13.7. The predicted molar refractivity (Wildman–Crippen MR) is 106 cm³/mol. The van der Waals surface area contributed by atoms with Crippen LogP contribution in [0.4, 0.5) is 4.39 Å². The molecule has 2 heterocycles. The maximum atomic E-state index is 13.1. The average molecular weight is 383 g/mol. The molecule has 0 aromatic heterocycles. The summed E-state index contributed by atoms with van der Waals surface area (Å²) in [6.07, 6.45) is 2.92. The minimum Gasteiger partial charge on any atom is -0.381 e. The van der Waals surface area contributed by atoms with Gasteiger partial charge >= 0.3 is 0 Å². The molecule has 4 rings (SSSR count). The highest BCUT2D eigenvalue weighted by Gasteiger charge is 2.34. The summed E-state index contributed by atoms with van der Waals surface area (Å²) >= 11 is 0. The van der Waals surface area contributed by atoms with E-state index >= 15 is 0 Å². The molecule has 28 heavy (non-hydrogen) atoms. The second-order valence-corrected chi connectivity index (χ2v) is 7.64. The van der Waals surface area contributed by atoms with Crippen LogP contribution >= 0.6 is 0 Å². The Morgan fingerprint density at radius 2 is 1.46 bits per heavy atom. The third kappa shape index (κ3) is 4.42. The van der Waals surface area contributed by atoms with Crippen molar-refractivity contribution in [3.63, 3.8) is 0 Å². The lowest BCUT2D eigenvalue weighted by molar-refractivity contribution is -0.0259. The number of hydrogen-bond acceptors (Lipinski definition) is 3. The number of nitrogens with one attached hydrogen (secondary N) is 1. The Morgan fingerprint density at radius 1 is 0.857 bits per heavy atom. The van der Waals surface area contributed by atoms with Crippen LogP contribution in [0.5, 0.6) is 0 Å². The van der Waals surface area contributed by atoms with Gasteiger partial charge in [0, 0.05) is 37.3 Å². The molecule has 2 saturated heterocycles. The summed E-state index contributed by atoms with van der Waals surface area (Å²) in [5.41, 5.74) is 2.53. The summed E-state index contributed by atoms with van der Waals surface area (Å²) in [6, 6.07) is 14.0. The van der Waals surface area contributed by atoms with Crippen molar-refractivity contribution >= 4 is 5.91 Å². The van der Waals surface area contributed by atoms with Gasteiger partial charge in [0.05, 0.1) is 6.61 Å². The molecule has 0 saturated carbocycles. The molecule has 1 N–H and O–H groups in total. The monoisotopic (exact) mass is 383 g/mol. The summed E-state index contributed by atoms with van der Waals surface area (Å²) in [4.78, 5) is 12.8. The van der Waals surface area contributed by atoms with Crippen LogP contribution in [0, 0.1) is 17.7 Å². The van der Waals surface area contributed by atoms with Crippen molar-refractivity contribution in [3.05, 3.63) is 59.9 Å². The van der Waals surface area contributed by atoms with Crippen molar-refractivity contribution in [1.29, 1.82) is 0 Å². The molecule has 4 nitrogen and oxygen atoms in total. The fourth-order valence-electron chi connectivity index (χ4n) is 4.26.